The van der Waals surface area contributed by atoms with Crippen LogP contribution in [0, 0.1) is 5.92 Å². The molecule has 1 atom stereocenters. The van der Waals surface area contributed by atoms with Gasteiger partial charge in [-0.2, -0.15) is 0 Å². The molecule has 0 aromatic carbocycles. The number of hydrogen-bond donors (Lipinski definition) is 0. The summed E-state index contributed by atoms with van der Waals surface area (Å²) in [5.41, 5.74) is 0. The molecule has 2 saturated heterocycles. The smallest absolute Gasteiger partial charge is 0.241 e. The van der Waals surface area contributed by atoms with Gasteiger partial charge in [-0.05, 0) is 19.8 Å². The van der Waals surface area contributed by atoms with Gasteiger partial charge in [0.05, 0.1) is 18.2 Å². The molecule has 0 spiro atoms. The molecule has 2 fully saturated rings. The summed E-state index contributed by atoms with van der Waals surface area (Å²) in [4.78, 5) is 27.4. The maximum Gasteiger partial charge on any atom is 0.241 e. The Morgan fingerprint density at radius 3 is 2.62 bits per heavy atom. The van der Waals surface area contributed by atoms with Crippen molar-refractivity contribution in [3.05, 3.63) is 0 Å². The lowest BCUT2D eigenvalue weighted by Crippen LogP contribution is -2.54. The van der Waals surface area contributed by atoms with Crippen LogP contribution in [0.3, 0.4) is 0 Å². The standard InChI is InChI=1S/C13H23N3O4S/c1-3-21(19,20)16-6-4-5-11(9-16)13(18)15-8-7-14(2)12(17)10-15/h11H,3-10H2,1-2H3. The molecular weight excluding hydrogens is 294 g/mol. The third kappa shape index (κ3) is 3.55. The van der Waals surface area contributed by atoms with Gasteiger partial charge in [0, 0.05) is 33.2 Å². The number of piperazine rings is 1. The van der Waals surface area contributed by atoms with Crippen LogP contribution < -0.4 is 0 Å². The summed E-state index contributed by atoms with van der Waals surface area (Å²) in [5.74, 6) is -0.423. The molecule has 8 heteroatoms. The molecule has 2 aliphatic heterocycles. The van der Waals surface area contributed by atoms with Crippen molar-refractivity contribution in [3.8, 4) is 0 Å². The number of rotatable bonds is 3. The molecule has 2 rings (SSSR count). The largest absolute Gasteiger partial charge is 0.342 e. The summed E-state index contributed by atoms with van der Waals surface area (Å²) < 4.78 is 25.3. The Bertz CT molecular complexity index is 520. The van der Waals surface area contributed by atoms with Crippen LogP contribution >= 0.6 is 0 Å². The van der Waals surface area contributed by atoms with E-state index in [0.29, 0.717) is 32.5 Å². The van der Waals surface area contributed by atoms with Gasteiger partial charge in [0.25, 0.3) is 0 Å². The molecular formula is C13H23N3O4S. The van der Waals surface area contributed by atoms with E-state index >= 15 is 0 Å². The highest BCUT2D eigenvalue weighted by Gasteiger charge is 2.35. The fourth-order valence-corrected chi connectivity index (χ4v) is 3.96. The highest BCUT2D eigenvalue weighted by atomic mass is 32.2. The number of carbonyl (C=O) groups excluding carboxylic acids is 2. The van der Waals surface area contributed by atoms with Gasteiger partial charge in [-0.1, -0.05) is 0 Å². The minimum absolute atomic E-state index is 0.0565. The van der Waals surface area contributed by atoms with Crippen LogP contribution in [0.4, 0.5) is 0 Å². The number of nitrogens with zero attached hydrogens (tertiary/aromatic N) is 3. The van der Waals surface area contributed by atoms with Crippen molar-refractivity contribution in [2.24, 2.45) is 5.92 Å². The maximum atomic E-state index is 12.5. The van der Waals surface area contributed by atoms with Gasteiger partial charge < -0.3 is 9.80 Å². The van der Waals surface area contributed by atoms with Crippen LogP contribution in [0.5, 0.6) is 0 Å². The quantitative estimate of drug-likeness (QED) is 0.693. The van der Waals surface area contributed by atoms with Crippen molar-refractivity contribution in [3.63, 3.8) is 0 Å². The summed E-state index contributed by atoms with van der Waals surface area (Å²) >= 11 is 0. The fraction of sp³-hybridized carbons (Fsp3) is 0.846. The number of piperidine rings is 1. The van der Waals surface area contributed by atoms with Crippen molar-refractivity contribution in [2.45, 2.75) is 19.8 Å². The third-order valence-corrected chi connectivity index (χ3v) is 6.11. The van der Waals surface area contributed by atoms with E-state index in [-0.39, 0.29) is 36.6 Å². The molecule has 0 aliphatic carbocycles. The zero-order chi connectivity index (χ0) is 15.6. The molecule has 7 nitrogen and oxygen atoms in total. The van der Waals surface area contributed by atoms with Crippen LogP contribution in [-0.2, 0) is 19.6 Å². The van der Waals surface area contributed by atoms with E-state index in [9.17, 15) is 18.0 Å². The molecule has 120 valence electrons. The van der Waals surface area contributed by atoms with E-state index in [1.54, 1.807) is 23.8 Å². The number of likely N-dealkylation sites (N-methyl/N-ethyl adjacent to an activating group) is 1. The van der Waals surface area contributed by atoms with Crippen molar-refractivity contribution < 1.29 is 18.0 Å². The van der Waals surface area contributed by atoms with Crippen LogP contribution in [0.1, 0.15) is 19.8 Å². The lowest BCUT2D eigenvalue weighted by Gasteiger charge is -2.37. The van der Waals surface area contributed by atoms with Crippen molar-refractivity contribution >= 4 is 21.8 Å². The van der Waals surface area contributed by atoms with Gasteiger partial charge in [-0.25, -0.2) is 12.7 Å². The first-order valence-corrected chi connectivity index (χ1v) is 8.96. The first-order chi connectivity index (χ1) is 9.85. The minimum Gasteiger partial charge on any atom is -0.342 e. The first-order valence-electron chi connectivity index (χ1n) is 7.35. The molecule has 0 aromatic rings. The highest BCUT2D eigenvalue weighted by Crippen LogP contribution is 2.22. The van der Waals surface area contributed by atoms with Crippen molar-refractivity contribution in [1.29, 1.82) is 0 Å². The number of hydrogen-bond acceptors (Lipinski definition) is 4. The van der Waals surface area contributed by atoms with Gasteiger partial charge in [0.1, 0.15) is 0 Å². The number of sulfonamides is 1. The average molecular weight is 317 g/mol. The van der Waals surface area contributed by atoms with Gasteiger partial charge >= 0.3 is 0 Å². The second-order valence-electron chi connectivity index (χ2n) is 5.67. The molecule has 0 bridgehead atoms. The normalized spacial score (nSPS) is 25.2. The van der Waals surface area contributed by atoms with E-state index < -0.39 is 10.0 Å². The molecule has 2 aliphatic rings. The highest BCUT2D eigenvalue weighted by molar-refractivity contribution is 7.89. The van der Waals surface area contributed by atoms with Crippen molar-refractivity contribution in [1.82, 2.24) is 14.1 Å². The SMILES string of the molecule is CCS(=O)(=O)N1CCCC(C(=O)N2CCN(C)C(=O)C2)C1. The second kappa shape index (κ2) is 6.31. The van der Waals surface area contributed by atoms with E-state index in [0.717, 1.165) is 0 Å². The third-order valence-electron chi connectivity index (χ3n) is 4.26. The Hall–Kier alpha value is -1.15. The van der Waals surface area contributed by atoms with E-state index in [1.807, 2.05) is 0 Å². The Balaban J connectivity index is 2.01. The lowest BCUT2D eigenvalue weighted by molar-refractivity contribution is -0.147. The summed E-state index contributed by atoms with van der Waals surface area (Å²) in [6.07, 6.45) is 1.38. The monoisotopic (exact) mass is 317 g/mol. The predicted octanol–water partition coefficient (Wildman–Crippen LogP) is -0.651. The van der Waals surface area contributed by atoms with Gasteiger partial charge in [-0.3, -0.25) is 9.59 Å². The summed E-state index contributed by atoms with van der Waals surface area (Å²) in [5, 5.41) is 0. The summed E-state index contributed by atoms with van der Waals surface area (Å²) in [6, 6.07) is 0. The molecule has 21 heavy (non-hydrogen) atoms. The second-order valence-corrected chi connectivity index (χ2v) is 7.93. The molecule has 2 amide bonds. The van der Waals surface area contributed by atoms with Crippen LogP contribution in [0.2, 0.25) is 0 Å². The fourth-order valence-electron chi connectivity index (χ4n) is 2.78. The molecule has 0 aromatic heterocycles. The number of carbonyl (C=O) groups is 2. The van der Waals surface area contributed by atoms with E-state index in [2.05, 4.69) is 0 Å². The topological polar surface area (TPSA) is 78.0 Å². The molecule has 0 N–H and O–H groups in total. The molecule has 1 unspecified atom stereocenters. The van der Waals surface area contributed by atoms with Gasteiger partial charge in [0.15, 0.2) is 0 Å². The summed E-state index contributed by atoms with van der Waals surface area (Å²) in [7, 11) is -1.53. The van der Waals surface area contributed by atoms with Crippen LogP contribution in [-0.4, -0.2) is 79.9 Å². The average Bonchev–Trinajstić information content (AvgIpc) is 2.49. The van der Waals surface area contributed by atoms with Crippen LogP contribution in [0.15, 0.2) is 0 Å². The number of amides is 2. The van der Waals surface area contributed by atoms with Crippen LogP contribution in [0.25, 0.3) is 0 Å². The van der Waals surface area contributed by atoms with Crippen molar-refractivity contribution in [2.75, 3.05) is 45.5 Å². The zero-order valence-electron chi connectivity index (χ0n) is 12.6. The lowest BCUT2D eigenvalue weighted by atomic mass is 9.97. The Morgan fingerprint density at radius 1 is 1.29 bits per heavy atom. The molecule has 0 saturated carbocycles. The van der Waals surface area contributed by atoms with E-state index in [1.165, 1.54) is 4.31 Å². The first kappa shape index (κ1) is 16.2. The van der Waals surface area contributed by atoms with E-state index in [4.69, 9.17) is 0 Å². The molecule has 0 radical (unpaired) electrons. The van der Waals surface area contributed by atoms with Gasteiger partial charge in [-0.15, -0.1) is 0 Å². The molecule has 2 heterocycles. The Labute approximate surface area is 125 Å². The minimum atomic E-state index is -3.25. The Kier molecular flexibility index (Phi) is 4.88. The zero-order valence-corrected chi connectivity index (χ0v) is 13.4. The van der Waals surface area contributed by atoms with Gasteiger partial charge in [0.2, 0.25) is 21.8 Å². The summed E-state index contributed by atoms with van der Waals surface area (Å²) in [6.45, 7) is 3.51. The predicted molar refractivity (Wildman–Crippen MR) is 78.0 cm³/mol. The Morgan fingerprint density at radius 2 is 2.00 bits per heavy atom. The maximum absolute atomic E-state index is 12.5.